The highest BCUT2D eigenvalue weighted by molar-refractivity contribution is 14.0. The van der Waals surface area contributed by atoms with Crippen LogP contribution in [0.2, 0.25) is 0 Å². The molecule has 22 heavy (non-hydrogen) atoms. The molecule has 1 aliphatic heterocycles. The van der Waals surface area contributed by atoms with E-state index in [0.717, 1.165) is 13.0 Å². The van der Waals surface area contributed by atoms with Crippen LogP contribution < -0.4 is 5.32 Å². The van der Waals surface area contributed by atoms with Crippen molar-refractivity contribution in [3.05, 3.63) is 0 Å². The Labute approximate surface area is 151 Å². The van der Waals surface area contributed by atoms with E-state index in [4.69, 9.17) is 0 Å². The summed E-state index contributed by atoms with van der Waals surface area (Å²) in [6.45, 7) is 8.85. The molecular formula is C13H29IN4O3S. The SMILES string of the molecule is CCNC(=NCCS(=O)(=O)N(CC)CC)N1CC[C@@H](O)C1.I. The number of β-amino-alcohol motifs (C(OH)–C–C–N with tert-alkyl or cyclic N) is 1. The summed E-state index contributed by atoms with van der Waals surface area (Å²) in [7, 11) is -3.24. The number of likely N-dealkylation sites (tertiary alicyclic amines) is 1. The fraction of sp³-hybridized carbons (Fsp3) is 0.923. The van der Waals surface area contributed by atoms with Crippen molar-refractivity contribution in [3.8, 4) is 0 Å². The maximum Gasteiger partial charge on any atom is 0.215 e. The molecule has 0 amide bonds. The molecule has 0 bridgehead atoms. The molecule has 0 aromatic carbocycles. The standard InChI is InChI=1S/C13H28N4O3S.HI/c1-4-14-13(16-9-7-12(18)11-16)15-8-10-21(19,20)17(5-2)6-3;/h12,18H,4-11H2,1-3H3,(H,14,15);1H/t12-;/m1./s1. The highest BCUT2D eigenvalue weighted by Gasteiger charge is 2.23. The quantitative estimate of drug-likeness (QED) is 0.333. The summed E-state index contributed by atoms with van der Waals surface area (Å²) in [4.78, 5) is 6.35. The van der Waals surface area contributed by atoms with Crippen LogP contribution in [0.3, 0.4) is 0 Å². The minimum absolute atomic E-state index is 0. The summed E-state index contributed by atoms with van der Waals surface area (Å²) in [5.74, 6) is 0.698. The van der Waals surface area contributed by atoms with Gasteiger partial charge in [-0.2, -0.15) is 0 Å². The van der Waals surface area contributed by atoms with E-state index in [0.29, 0.717) is 32.1 Å². The molecule has 0 aromatic rings. The number of aliphatic hydroxyl groups excluding tert-OH is 1. The molecule has 0 aromatic heterocycles. The lowest BCUT2D eigenvalue weighted by molar-refractivity contribution is 0.188. The van der Waals surface area contributed by atoms with E-state index in [1.54, 1.807) is 0 Å². The summed E-state index contributed by atoms with van der Waals surface area (Å²) in [5, 5.41) is 12.7. The Hall–Kier alpha value is -0.130. The van der Waals surface area contributed by atoms with Gasteiger partial charge < -0.3 is 15.3 Å². The van der Waals surface area contributed by atoms with E-state index in [2.05, 4.69) is 10.3 Å². The third-order valence-electron chi connectivity index (χ3n) is 3.51. The Morgan fingerprint density at radius 2 is 2.00 bits per heavy atom. The first-order chi connectivity index (χ1) is 9.94. The molecule has 132 valence electrons. The predicted molar refractivity (Wildman–Crippen MR) is 100 cm³/mol. The van der Waals surface area contributed by atoms with Gasteiger partial charge in [-0.05, 0) is 13.3 Å². The van der Waals surface area contributed by atoms with Crippen molar-refractivity contribution < 1.29 is 13.5 Å². The van der Waals surface area contributed by atoms with Gasteiger partial charge in [-0.25, -0.2) is 12.7 Å². The van der Waals surface area contributed by atoms with E-state index in [-0.39, 0.29) is 42.4 Å². The van der Waals surface area contributed by atoms with Crippen molar-refractivity contribution in [2.75, 3.05) is 45.0 Å². The molecule has 2 N–H and O–H groups in total. The van der Waals surface area contributed by atoms with E-state index in [1.165, 1.54) is 4.31 Å². The van der Waals surface area contributed by atoms with E-state index in [1.807, 2.05) is 25.7 Å². The number of sulfonamides is 1. The average molecular weight is 448 g/mol. The van der Waals surface area contributed by atoms with Crippen LogP contribution in [0.15, 0.2) is 4.99 Å². The highest BCUT2D eigenvalue weighted by atomic mass is 127. The van der Waals surface area contributed by atoms with E-state index >= 15 is 0 Å². The van der Waals surface area contributed by atoms with Gasteiger partial charge in [0, 0.05) is 32.7 Å². The number of nitrogens with zero attached hydrogens (tertiary/aromatic N) is 3. The topological polar surface area (TPSA) is 85.2 Å². The first-order valence-corrected chi connectivity index (χ1v) is 9.24. The number of nitrogens with one attached hydrogen (secondary N) is 1. The third-order valence-corrected chi connectivity index (χ3v) is 5.51. The second-order valence-electron chi connectivity index (χ2n) is 5.02. The average Bonchev–Trinajstić information content (AvgIpc) is 2.85. The minimum atomic E-state index is -3.24. The highest BCUT2D eigenvalue weighted by Crippen LogP contribution is 2.09. The third kappa shape index (κ3) is 6.55. The van der Waals surface area contributed by atoms with Gasteiger partial charge >= 0.3 is 0 Å². The summed E-state index contributed by atoms with van der Waals surface area (Å²) in [5.41, 5.74) is 0. The first kappa shape index (κ1) is 21.9. The molecule has 0 spiro atoms. The van der Waals surface area contributed by atoms with Crippen LogP contribution in [-0.2, 0) is 10.0 Å². The van der Waals surface area contributed by atoms with Gasteiger partial charge in [0.1, 0.15) is 0 Å². The van der Waals surface area contributed by atoms with Crippen LogP contribution in [0.25, 0.3) is 0 Å². The van der Waals surface area contributed by atoms with Crippen molar-refractivity contribution >= 4 is 40.0 Å². The number of aliphatic hydroxyl groups is 1. The monoisotopic (exact) mass is 448 g/mol. The Bertz CT molecular complexity index is 441. The van der Waals surface area contributed by atoms with Gasteiger partial charge in [-0.1, -0.05) is 13.8 Å². The lowest BCUT2D eigenvalue weighted by Gasteiger charge is -2.21. The molecular weight excluding hydrogens is 419 g/mol. The molecule has 1 rings (SSSR count). The zero-order valence-corrected chi connectivity index (χ0v) is 16.8. The van der Waals surface area contributed by atoms with Crippen LogP contribution in [0, 0.1) is 0 Å². The van der Waals surface area contributed by atoms with Gasteiger partial charge in [0.15, 0.2) is 5.96 Å². The van der Waals surface area contributed by atoms with Crippen LogP contribution in [0.1, 0.15) is 27.2 Å². The maximum absolute atomic E-state index is 12.1. The smallest absolute Gasteiger partial charge is 0.215 e. The summed E-state index contributed by atoms with van der Waals surface area (Å²) < 4.78 is 25.6. The molecule has 1 atom stereocenters. The number of rotatable bonds is 7. The molecule has 9 heteroatoms. The molecule has 0 unspecified atom stereocenters. The molecule has 0 radical (unpaired) electrons. The number of halogens is 1. The molecule has 1 saturated heterocycles. The summed E-state index contributed by atoms with van der Waals surface area (Å²) in [6, 6.07) is 0. The van der Waals surface area contributed by atoms with Crippen LogP contribution in [0.5, 0.6) is 0 Å². The van der Waals surface area contributed by atoms with Crippen LogP contribution >= 0.6 is 24.0 Å². The Morgan fingerprint density at radius 1 is 1.36 bits per heavy atom. The van der Waals surface area contributed by atoms with E-state index in [9.17, 15) is 13.5 Å². The van der Waals surface area contributed by atoms with Gasteiger partial charge in [-0.3, -0.25) is 4.99 Å². The summed E-state index contributed by atoms with van der Waals surface area (Å²) >= 11 is 0. The molecule has 1 aliphatic rings. The normalized spacial score (nSPS) is 19.4. The predicted octanol–water partition coefficient (Wildman–Crippen LogP) is 0.308. The zero-order chi connectivity index (χ0) is 15.9. The Balaban J connectivity index is 0.00000441. The van der Waals surface area contributed by atoms with Gasteiger partial charge in [-0.15, -0.1) is 24.0 Å². The maximum atomic E-state index is 12.1. The fourth-order valence-electron chi connectivity index (χ4n) is 2.37. The van der Waals surface area contributed by atoms with Crippen molar-refractivity contribution in [2.24, 2.45) is 4.99 Å². The number of aliphatic imine (C=N–C) groups is 1. The minimum Gasteiger partial charge on any atom is -0.391 e. The van der Waals surface area contributed by atoms with Crippen LogP contribution in [0.4, 0.5) is 0 Å². The number of hydrogen-bond acceptors (Lipinski definition) is 4. The lowest BCUT2D eigenvalue weighted by atomic mass is 10.3. The molecule has 0 saturated carbocycles. The molecule has 7 nitrogen and oxygen atoms in total. The van der Waals surface area contributed by atoms with E-state index < -0.39 is 10.0 Å². The van der Waals surface area contributed by atoms with Crippen molar-refractivity contribution in [3.63, 3.8) is 0 Å². The Morgan fingerprint density at radius 3 is 2.45 bits per heavy atom. The van der Waals surface area contributed by atoms with Crippen molar-refractivity contribution in [2.45, 2.75) is 33.3 Å². The Kier molecular flexibility index (Phi) is 10.5. The number of hydrogen-bond donors (Lipinski definition) is 2. The largest absolute Gasteiger partial charge is 0.391 e. The van der Waals surface area contributed by atoms with Crippen molar-refractivity contribution in [1.82, 2.24) is 14.5 Å². The van der Waals surface area contributed by atoms with Gasteiger partial charge in [0.05, 0.1) is 18.4 Å². The first-order valence-electron chi connectivity index (χ1n) is 7.63. The van der Waals surface area contributed by atoms with Crippen molar-refractivity contribution in [1.29, 1.82) is 0 Å². The van der Waals surface area contributed by atoms with Crippen LogP contribution in [-0.4, -0.2) is 79.8 Å². The molecule has 0 aliphatic carbocycles. The van der Waals surface area contributed by atoms with Gasteiger partial charge in [0.25, 0.3) is 0 Å². The second kappa shape index (κ2) is 10.6. The lowest BCUT2D eigenvalue weighted by Crippen LogP contribution is -2.41. The molecule has 1 heterocycles. The van der Waals surface area contributed by atoms with Gasteiger partial charge in [0.2, 0.25) is 10.0 Å². The number of guanidine groups is 1. The summed E-state index contributed by atoms with van der Waals surface area (Å²) in [6.07, 6.45) is 0.399. The fourth-order valence-corrected chi connectivity index (χ4v) is 3.74. The zero-order valence-electron chi connectivity index (χ0n) is 13.7. The molecule has 1 fully saturated rings. The second-order valence-corrected chi connectivity index (χ2v) is 7.11.